The molecular weight excluding hydrogens is 501 g/mol. The summed E-state index contributed by atoms with van der Waals surface area (Å²) in [5.41, 5.74) is -1.27. The van der Waals surface area contributed by atoms with E-state index in [1.165, 1.54) is 32.5 Å². The van der Waals surface area contributed by atoms with Crippen molar-refractivity contribution in [3.05, 3.63) is 48.2 Å². The Kier molecular flexibility index (Phi) is 8.28. The summed E-state index contributed by atoms with van der Waals surface area (Å²) in [6.07, 6.45) is -1.16. The van der Waals surface area contributed by atoms with Gasteiger partial charge < -0.3 is 20.3 Å². The third-order valence-electron chi connectivity index (χ3n) is 5.81. The van der Waals surface area contributed by atoms with Gasteiger partial charge in [0.15, 0.2) is 0 Å². The van der Waals surface area contributed by atoms with Crippen LogP contribution in [-0.4, -0.2) is 70.7 Å². The van der Waals surface area contributed by atoms with Crippen LogP contribution in [0, 0.1) is 11.3 Å². The summed E-state index contributed by atoms with van der Waals surface area (Å²) >= 11 is 0. The number of anilines is 1. The van der Waals surface area contributed by atoms with Crippen molar-refractivity contribution in [2.75, 3.05) is 32.6 Å². The molecule has 0 aliphatic carbocycles. The van der Waals surface area contributed by atoms with Crippen molar-refractivity contribution in [2.45, 2.75) is 31.5 Å². The van der Waals surface area contributed by atoms with Crippen LogP contribution in [0.15, 0.2) is 36.9 Å². The molecule has 0 radical (unpaired) electrons. The summed E-state index contributed by atoms with van der Waals surface area (Å²) in [4.78, 5) is 25.7. The molecule has 2 aromatic rings. The summed E-state index contributed by atoms with van der Waals surface area (Å²) in [7, 11) is 3.00. The molecule has 1 amide bonds. The number of nitrogens with one attached hydrogen (secondary N) is 3. The van der Waals surface area contributed by atoms with E-state index in [0.717, 1.165) is 4.90 Å². The number of pyridine rings is 1. The summed E-state index contributed by atoms with van der Waals surface area (Å²) in [6, 6.07) is 2.29. The third-order valence-corrected chi connectivity index (χ3v) is 5.81. The number of nitrogens with zero attached hydrogens (tertiary/aromatic N) is 4. The number of amides is 1. The van der Waals surface area contributed by atoms with Gasteiger partial charge in [0, 0.05) is 44.2 Å². The Morgan fingerprint density at radius 1 is 1.24 bits per heavy atom. The molecule has 1 aliphatic rings. The zero-order chi connectivity index (χ0) is 27.4. The minimum atomic E-state index is -4.61. The number of hydrogen-bond acceptors (Lipinski definition) is 8. The third kappa shape index (κ3) is 6.68. The molecule has 0 saturated carbocycles. The first-order valence-corrected chi connectivity index (χ1v) is 11.1. The van der Waals surface area contributed by atoms with Gasteiger partial charge in [0.1, 0.15) is 11.5 Å². The number of methoxy groups -OCH3 is 1. The summed E-state index contributed by atoms with van der Waals surface area (Å²) in [6.45, 7) is 0.488. The van der Waals surface area contributed by atoms with E-state index in [-0.39, 0.29) is 23.8 Å². The van der Waals surface area contributed by atoms with Gasteiger partial charge in [-0.2, -0.15) is 13.2 Å². The van der Waals surface area contributed by atoms with Crippen molar-refractivity contribution in [1.29, 1.82) is 5.41 Å². The fourth-order valence-corrected chi connectivity index (χ4v) is 3.98. The second-order valence-electron chi connectivity index (χ2n) is 8.52. The first-order valence-electron chi connectivity index (χ1n) is 11.1. The summed E-state index contributed by atoms with van der Waals surface area (Å²) < 4.78 is 72.4. The Labute approximate surface area is 209 Å². The molecule has 37 heavy (non-hydrogen) atoms. The van der Waals surface area contributed by atoms with E-state index in [0.29, 0.717) is 18.1 Å². The van der Waals surface area contributed by atoms with Crippen LogP contribution in [0.3, 0.4) is 0 Å². The van der Waals surface area contributed by atoms with Crippen LogP contribution in [0.2, 0.25) is 0 Å². The zero-order valence-corrected chi connectivity index (χ0v) is 20.2. The number of rotatable bonds is 8. The number of halogens is 5. The first kappa shape index (κ1) is 27.7. The van der Waals surface area contributed by atoms with E-state index in [4.69, 9.17) is 10.1 Å². The van der Waals surface area contributed by atoms with Gasteiger partial charge in [0.05, 0.1) is 37.2 Å². The van der Waals surface area contributed by atoms with Crippen LogP contribution in [0.4, 0.5) is 27.9 Å². The Morgan fingerprint density at radius 2 is 1.92 bits per heavy atom. The monoisotopic (exact) mass is 527 g/mol. The van der Waals surface area contributed by atoms with Crippen LogP contribution in [0.25, 0.3) is 5.57 Å². The van der Waals surface area contributed by atoms with Crippen LogP contribution in [0.1, 0.15) is 24.6 Å². The molecule has 1 unspecified atom stereocenters. The molecule has 1 aliphatic heterocycles. The summed E-state index contributed by atoms with van der Waals surface area (Å²) in [5.74, 6) is -4.56. The molecule has 1 saturated heterocycles. The van der Waals surface area contributed by atoms with Crippen LogP contribution in [0.5, 0.6) is 5.75 Å². The number of aromatic nitrogens is 3. The molecule has 0 aromatic carbocycles. The number of carbonyl (C=O) groups is 1. The lowest BCUT2D eigenvalue weighted by atomic mass is 9.87. The van der Waals surface area contributed by atoms with Crippen molar-refractivity contribution in [2.24, 2.45) is 5.92 Å². The molecule has 9 nitrogen and oxygen atoms in total. The highest BCUT2D eigenvalue weighted by Crippen LogP contribution is 2.35. The van der Waals surface area contributed by atoms with Crippen molar-refractivity contribution < 1.29 is 31.5 Å². The van der Waals surface area contributed by atoms with E-state index >= 15 is 0 Å². The van der Waals surface area contributed by atoms with Gasteiger partial charge in [-0.25, -0.2) is 18.7 Å². The number of likely N-dealkylation sites (tertiary alicyclic amines) is 1. The average molecular weight is 527 g/mol. The Hall–Kier alpha value is -3.84. The Bertz CT molecular complexity index is 1140. The van der Waals surface area contributed by atoms with E-state index in [1.807, 2.05) is 0 Å². The standard InChI is InChI=1S/C23H26F5N7O2/c1-13-6-22(24,25)12-35(18(13)11-34-21-32-7-14(8-33-21)23(26,27)28)20(36)19(29)16(10-30-2)17-5-4-15(37-3)9-31-17/h4-5,7-10,13,18,29-30H,6,11-12H2,1-3H3,(H,32,33,34)/b16-10-,29-19?/t13-,18?/m1/s1. The number of carbonyl (C=O) groups excluding carboxylic acids is 1. The largest absolute Gasteiger partial charge is 0.495 e. The van der Waals surface area contributed by atoms with E-state index in [1.54, 1.807) is 13.1 Å². The second-order valence-corrected chi connectivity index (χ2v) is 8.52. The normalized spacial score (nSPS) is 19.8. The quantitative estimate of drug-likeness (QED) is 0.356. The van der Waals surface area contributed by atoms with Crippen LogP contribution in [-0.2, 0) is 11.0 Å². The van der Waals surface area contributed by atoms with Crippen LogP contribution < -0.4 is 15.4 Å². The molecular formula is C23H26F5N7O2. The van der Waals surface area contributed by atoms with E-state index < -0.39 is 54.2 Å². The average Bonchev–Trinajstić information content (AvgIpc) is 2.85. The van der Waals surface area contributed by atoms with Crippen molar-refractivity contribution >= 4 is 23.1 Å². The number of alkyl halides is 5. The van der Waals surface area contributed by atoms with Gasteiger partial charge in [0.2, 0.25) is 5.95 Å². The molecule has 200 valence electrons. The number of ether oxygens (including phenoxy) is 1. The molecule has 2 aromatic heterocycles. The predicted octanol–water partition coefficient (Wildman–Crippen LogP) is 3.46. The maximum Gasteiger partial charge on any atom is 0.419 e. The maximum absolute atomic E-state index is 14.5. The summed E-state index contributed by atoms with van der Waals surface area (Å²) in [5, 5.41) is 14.0. The number of hydrogen-bond donors (Lipinski definition) is 3. The highest BCUT2D eigenvalue weighted by atomic mass is 19.4. The van der Waals surface area contributed by atoms with Gasteiger partial charge in [-0.1, -0.05) is 6.92 Å². The number of piperidine rings is 1. The molecule has 1 fully saturated rings. The SMILES string of the molecule is CN/C=C(\C(=N)C(=O)N1CC(F)(F)C[C@@H](C)C1CNc1ncc(C(F)(F)F)cn1)c1ccc(OC)cn1. The molecule has 3 heterocycles. The van der Waals surface area contributed by atoms with Crippen molar-refractivity contribution in [3.63, 3.8) is 0 Å². The smallest absolute Gasteiger partial charge is 0.419 e. The molecule has 0 bridgehead atoms. The minimum Gasteiger partial charge on any atom is -0.495 e. The highest BCUT2D eigenvalue weighted by Gasteiger charge is 2.47. The first-order chi connectivity index (χ1) is 17.4. The van der Waals surface area contributed by atoms with Crippen LogP contribution >= 0.6 is 0 Å². The minimum absolute atomic E-state index is 0.0782. The van der Waals surface area contributed by atoms with Crippen molar-refractivity contribution in [3.8, 4) is 5.75 Å². The lowest BCUT2D eigenvalue weighted by molar-refractivity contribution is -0.145. The van der Waals surface area contributed by atoms with E-state index in [2.05, 4.69) is 25.6 Å². The molecule has 14 heteroatoms. The topological polar surface area (TPSA) is 116 Å². The molecule has 0 spiro atoms. The Balaban J connectivity index is 1.84. The maximum atomic E-state index is 14.5. The fraction of sp³-hybridized carbons (Fsp3) is 0.435. The van der Waals surface area contributed by atoms with Gasteiger partial charge in [0.25, 0.3) is 11.8 Å². The van der Waals surface area contributed by atoms with Gasteiger partial charge in [-0.05, 0) is 18.1 Å². The van der Waals surface area contributed by atoms with Gasteiger partial charge in [-0.15, -0.1) is 0 Å². The van der Waals surface area contributed by atoms with E-state index in [9.17, 15) is 26.7 Å². The highest BCUT2D eigenvalue weighted by molar-refractivity contribution is 6.54. The van der Waals surface area contributed by atoms with Gasteiger partial charge in [-0.3, -0.25) is 15.2 Å². The second kappa shape index (κ2) is 11.0. The van der Waals surface area contributed by atoms with Crippen molar-refractivity contribution in [1.82, 2.24) is 25.2 Å². The lowest BCUT2D eigenvalue weighted by Gasteiger charge is -2.43. The molecule has 3 rings (SSSR count). The molecule has 2 atom stereocenters. The Morgan fingerprint density at radius 3 is 2.46 bits per heavy atom. The van der Waals surface area contributed by atoms with Gasteiger partial charge >= 0.3 is 6.18 Å². The predicted molar refractivity (Wildman–Crippen MR) is 125 cm³/mol. The fourth-order valence-electron chi connectivity index (χ4n) is 3.98. The lowest BCUT2D eigenvalue weighted by Crippen LogP contribution is -2.59. The zero-order valence-electron chi connectivity index (χ0n) is 20.2. The molecule has 3 N–H and O–H groups in total.